The lowest BCUT2D eigenvalue weighted by molar-refractivity contribution is 0.102. The van der Waals surface area contributed by atoms with E-state index in [0.717, 1.165) is 24.3 Å². The number of ether oxygens (including phenoxy) is 1. The lowest BCUT2D eigenvalue weighted by atomic mass is 10.1. The van der Waals surface area contributed by atoms with Gasteiger partial charge in [0, 0.05) is 11.3 Å². The van der Waals surface area contributed by atoms with Crippen LogP contribution < -0.4 is 15.8 Å². The van der Waals surface area contributed by atoms with Crippen LogP contribution in [0.3, 0.4) is 0 Å². The normalized spacial score (nSPS) is 10.2. The first-order chi connectivity index (χ1) is 10.2. The Morgan fingerprint density at radius 2 is 1.95 bits per heavy atom. The van der Waals surface area contributed by atoms with Crippen LogP contribution >= 0.6 is 0 Å². The summed E-state index contributed by atoms with van der Waals surface area (Å²) >= 11 is 0. The molecule has 0 aromatic heterocycles. The van der Waals surface area contributed by atoms with E-state index in [9.17, 15) is 4.79 Å². The summed E-state index contributed by atoms with van der Waals surface area (Å²) in [5.41, 5.74) is 8.09. The number of anilines is 1. The second-order valence-electron chi connectivity index (χ2n) is 4.78. The Balaban J connectivity index is 2.04. The van der Waals surface area contributed by atoms with Gasteiger partial charge in [0.1, 0.15) is 5.75 Å². The smallest absolute Gasteiger partial charge is 0.255 e. The van der Waals surface area contributed by atoms with Gasteiger partial charge in [0.05, 0.1) is 7.11 Å². The third kappa shape index (κ3) is 4.33. The third-order valence-electron chi connectivity index (χ3n) is 3.21. The van der Waals surface area contributed by atoms with Crippen molar-refractivity contribution in [3.05, 3.63) is 59.7 Å². The predicted octanol–water partition coefficient (Wildman–Crippen LogP) is 2.84. The number of carbonyl (C=O) groups excluding carboxylic acids is 1. The Labute approximate surface area is 124 Å². The maximum absolute atomic E-state index is 12.2. The van der Waals surface area contributed by atoms with E-state index in [0.29, 0.717) is 12.1 Å². The number of rotatable bonds is 6. The lowest BCUT2D eigenvalue weighted by Crippen LogP contribution is -2.12. The molecule has 1 amide bonds. The van der Waals surface area contributed by atoms with Crippen LogP contribution in [0.5, 0.6) is 5.75 Å². The highest BCUT2D eigenvalue weighted by molar-refractivity contribution is 6.04. The van der Waals surface area contributed by atoms with E-state index < -0.39 is 0 Å². The van der Waals surface area contributed by atoms with Crippen molar-refractivity contribution in [2.45, 2.75) is 12.8 Å². The van der Waals surface area contributed by atoms with Crippen molar-refractivity contribution in [3.63, 3.8) is 0 Å². The lowest BCUT2D eigenvalue weighted by Gasteiger charge is -2.08. The molecular formula is C17H20N2O2. The van der Waals surface area contributed by atoms with Gasteiger partial charge in [-0.3, -0.25) is 4.79 Å². The van der Waals surface area contributed by atoms with Gasteiger partial charge in [-0.1, -0.05) is 12.1 Å². The van der Waals surface area contributed by atoms with Gasteiger partial charge in [0.25, 0.3) is 5.91 Å². The fraction of sp³-hybridized carbons (Fsp3) is 0.235. The quantitative estimate of drug-likeness (QED) is 0.857. The molecular weight excluding hydrogens is 264 g/mol. The number of methoxy groups -OCH3 is 1. The van der Waals surface area contributed by atoms with Crippen molar-refractivity contribution < 1.29 is 9.53 Å². The van der Waals surface area contributed by atoms with E-state index in [1.807, 2.05) is 24.3 Å². The molecule has 0 saturated carbocycles. The highest BCUT2D eigenvalue weighted by Gasteiger charge is 2.06. The molecule has 2 rings (SSSR count). The van der Waals surface area contributed by atoms with Crippen molar-refractivity contribution in [1.29, 1.82) is 0 Å². The highest BCUT2D eigenvalue weighted by atomic mass is 16.5. The summed E-state index contributed by atoms with van der Waals surface area (Å²) in [6.45, 7) is 0.669. The van der Waals surface area contributed by atoms with E-state index in [4.69, 9.17) is 10.5 Å². The number of benzene rings is 2. The van der Waals surface area contributed by atoms with Crippen LogP contribution in [-0.4, -0.2) is 19.6 Å². The zero-order valence-corrected chi connectivity index (χ0v) is 12.1. The maximum atomic E-state index is 12.2. The number of hydrogen-bond acceptors (Lipinski definition) is 3. The van der Waals surface area contributed by atoms with Gasteiger partial charge in [-0.05, 0) is 61.3 Å². The molecule has 0 spiro atoms. The molecule has 0 bridgehead atoms. The van der Waals surface area contributed by atoms with E-state index >= 15 is 0 Å². The van der Waals surface area contributed by atoms with Gasteiger partial charge in [-0.2, -0.15) is 0 Å². The minimum absolute atomic E-state index is 0.131. The fourth-order valence-corrected chi connectivity index (χ4v) is 2.06. The molecule has 0 aliphatic carbocycles. The van der Waals surface area contributed by atoms with E-state index in [2.05, 4.69) is 5.32 Å². The molecule has 0 radical (unpaired) electrons. The zero-order chi connectivity index (χ0) is 15.1. The van der Waals surface area contributed by atoms with Gasteiger partial charge in [0.2, 0.25) is 0 Å². The summed E-state index contributed by atoms with van der Waals surface area (Å²) in [6.07, 6.45) is 1.86. The van der Waals surface area contributed by atoms with Crippen LogP contribution in [-0.2, 0) is 6.42 Å². The summed E-state index contributed by atoms with van der Waals surface area (Å²) in [5, 5.41) is 2.90. The second-order valence-corrected chi connectivity index (χ2v) is 4.78. The van der Waals surface area contributed by atoms with Gasteiger partial charge < -0.3 is 15.8 Å². The number of aryl methyl sites for hydroxylation is 1. The zero-order valence-electron chi connectivity index (χ0n) is 12.1. The summed E-state index contributed by atoms with van der Waals surface area (Å²) in [5.74, 6) is 0.601. The molecule has 3 N–H and O–H groups in total. The minimum Gasteiger partial charge on any atom is -0.497 e. The molecule has 0 fully saturated rings. The van der Waals surface area contributed by atoms with Crippen molar-refractivity contribution >= 4 is 11.6 Å². The average Bonchev–Trinajstić information content (AvgIpc) is 2.53. The van der Waals surface area contributed by atoms with Crippen molar-refractivity contribution in [2.75, 3.05) is 19.0 Å². The standard InChI is InChI=1S/C17H20N2O2/c1-21-16-9-7-14(8-10-16)17(20)19-15-6-2-4-13(12-15)5-3-11-18/h2,4,6-10,12H,3,5,11,18H2,1H3,(H,19,20). The molecule has 0 saturated heterocycles. The molecule has 2 aromatic carbocycles. The summed E-state index contributed by atoms with van der Waals surface area (Å²) in [4.78, 5) is 12.2. The average molecular weight is 284 g/mol. The molecule has 4 nitrogen and oxygen atoms in total. The molecule has 110 valence electrons. The van der Waals surface area contributed by atoms with E-state index in [1.165, 1.54) is 5.56 Å². The number of nitrogens with two attached hydrogens (primary N) is 1. The van der Waals surface area contributed by atoms with Crippen molar-refractivity contribution in [3.8, 4) is 5.75 Å². The van der Waals surface area contributed by atoms with Crippen LogP contribution in [0.4, 0.5) is 5.69 Å². The van der Waals surface area contributed by atoms with Gasteiger partial charge in [-0.25, -0.2) is 0 Å². The van der Waals surface area contributed by atoms with Crippen LogP contribution in [0.1, 0.15) is 22.3 Å². The first-order valence-corrected chi connectivity index (χ1v) is 6.97. The van der Waals surface area contributed by atoms with E-state index in [-0.39, 0.29) is 5.91 Å². The molecule has 2 aromatic rings. The minimum atomic E-state index is -0.131. The monoisotopic (exact) mass is 284 g/mol. The molecule has 4 heteroatoms. The Morgan fingerprint density at radius 1 is 1.19 bits per heavy atom. The van der Waals surface area contributed by atoms with Crippen LogP contribution in [0, 0.1) is 0 Å². The number of amides is 1. The van der Waals surface area contributed by atoms with E-state index in [1.54, 1.807) is 31.4 Å². The Kier molecular flexibility index (Phi) is 5.35. The maximum Gasteiger partial charge on any atom is 0.255 e. The second kappa shape index (κ2) is 7.45. The number of hydrogen-bond donors (Lipinski definition) is 2. The fourth-order valence-electron chi connectivity index (χ4n) is 2.06. The molecule has 0 aliphatic rings. The molecule has 0 aliphatic heterocycles. The molecule has 0 heterocycles. The summed E-state index contributed by atoms with van der Waals surface area (Å²) < 4.78 is 5.08. The molecule has 0 atom stereocenters. The topological polar surface area (TPSA) is 64.3 Å². The van der Waals surface area contributed by atoms with Gasteiger partial charge >= 0.3 is 0 Å². The molecule has 21 heavy (non-hydrogen) atoms. The highest BCUT2D eigenvalue weighted by Crippen LogP contribution is 2.15. The van der Waals surface area contributed by atoms with Gasteiger partial charge in [-0.15, -0.1) is 0 Å². The third-order valence-corrected chi connectivity index (χ3v) is 3.21. The van der Waals surface area contributed by atoms with Crippen LogP contribution in [0.2, 0.25) is 0 Å². The molecule has 0 unspecified atom stereocenters. The number of nitrogens with one attached hydrogen (secondary N) is 1. The predicted molar refractivity (Wildman–Crippen MR) is 84.8 cm³/mol. The van der Waals surface area contributed by atoms with Crippen LogP contribution in [0.15, 0.2) is 48.5 Å². The number of carbonyl (C=O) groups is 1. The van der Waals surface area contributed by atoms with Crippen molar-refractivity contribution in [2.24, 2.45) is 5.73 Å². The first kappa shape index (κ1) is 15.1. The van der Waals surface area contributed by atoms with Crippen LogP contribution in [0.25, 0.3) is 0 Å². The summed E-state index contributed by atoms with van der Waals surface area (Å²) in [6, 6.07) is 14.9. The summed E-state index contributed by atoms with van der Waals surface area (Å²) in [7, 11) is 1.60. The Bertz CT molecular complexity index is 594. The van der Waals surface area contributed by atoms with Gasteiger partial charge in [0.15, 0.2) is 0 Å². The first-order valence-electron chi connectivity index (χ1n) is 6.97. The largest absolute Gasteiger partial charge is 0.497 e. The SMILES string of the molecule is COc1ccc(C(=O)Nc2cccc(CCCN)c2)cc1. The Hall–Kier alpha value is -2.33. The Morgan fingerprint density at radius 3 is 2.62 bits per heavy atom. The van der Waals surface area contributed by atoms with Crippen molar-refractivity contribution in [1.82, 2.24) is 0 Å².